The summed E-state index contributed by atoms with van der Waals surface area (Å²) in [6.07, 6.45) is 6.17. The van der Waals surface area contributed by atoms with Crippen LogP contribution in [0, 0.1) is 17.8 Å². The zero-order chi connectivity index (χ0) is 53.4. The van der Waals surface area contributed by atoms with E-state index in [1.54, 1.807) is 56.6 Å². The molecule has 10 atom stereocenters. The number of benzene rings is 2. The lowest BCUT2D eigenvalue weighted by atomic mass is 9.94. The van der Waals surface area contributed by atoms with Gasteiger partial charge in [-0.15, -0.1) is 0 Å². The van der Waals surface area contributed by atoms with Gasteiger partial charge in [0.15, 0.2) is 0 Å². The molecule has 1 aliphatic heterocycles. The number of amides is 7. The first-order chi connectivity index (χ1) is 34.1. The number of para-hydroxylation sites is 1. The van der Waals surface area contributed by atoms with Crippen molar-refractivity contribution in [3.05, 3.63) is 108 Å². The van der Waals surface area contributed by atoms with Crippen LogP contribution in [0.4, 0.5) is 0 Å². The fraction of sp³-hybridized carbons (Fsp3) is 0.442. The molecule has 1 saturated heterocycles. The molecule has 2 aromatic carbocycles. The highest BCUT2D eigenvalue weighted by Crippen LogP contribution is 2.21. The summed E-state index contributed by atoms with van der Waals surface area (Å²) in [5.74, 6) is -11.9. The average Bonchev–Trinajstić information content (AvgIpc) is 3.76. The van der Waals surface area contributed by atoms with E-state index in [2.05, 4.69) is 43.5 Å². The lowest BCUT2D eigenvalue weighted by molar-refractivity contribution is -0.146. The van der Waals surface area contributed by atoms with E-state index in [-0.39, 0.29) is 24.9 Å². The van der Waals surface area contributed by atoms with E-state index in [1.165, 1.54) is 27.8 Å². The van der Waals surface area contributed by atoms with Gasteiger partial charge >= 0.3 is 11.9 Å². The maximum atomic E-state index is 14.1. The molecule has 20 nitrogen and oxygen atoms in total. The van der Waals surface area contributed by atoms with Crippen LogP contribution in [0.5, 0.6) is 0 Å². The molecule has 1 fully saturated rings. The topological polar surface area (TPSA) is 295 Å². The molecular formula is C52H68N8O12. The number of fused-ring (bicyclic) bond motifs is 1. The van der Waals surface area contributed by atoms with Gasteiger partial charge in [0, 0.05) is 50.0 Å². The molecule has 1 aliphatic rings. The Hall–Kier alpha value is -7.61. The molecule has 0 bridgehead atoms. The van der Waals surface area contributed by atoms with Gasteiger partial charge in [-0.3, -0.25) is 33.6 Å². The second-order valence-corrected chi connectivity index (χ2v) is 18.2. The minimum absolute atomic E-state index is 0.00883. The van der Waals surface area contributed by atoms with Crippen molar-refractivity contribution in [2.45, 2.75) is 116 Å². The first-order valence-electron chi connectivity index (χ1n) is 23.8. The van der Waals surface area contributed by atoms with Crippen molar-refractivity contribution in [1.82, 2.24) is 41.8 Å². The Kier molecular flexibility index (Phi) is 21.0. The summed E-state index contributed by atoms with van der Waals surface area (Å²) < 4.78 is 5.81. The summed E-state index contributed by atoms with van der Waals surface area (Å²) in [6, 6.07) is 8.21. The number of aromatic amines is 1. The van der Waals surface area contributed by atoms with Crippen LogP contribution < -0.4 is 31.9 Å². The second-order valence-electron chi connectivity index (χ2n) is 18.2. The normalized spacial score (nSPS) is 25.2. The number of H-pyrrole nitrogens is 1. The number of ether oxygens (including phenoxy) is 1. The highest BCUT2D eigenvalue weighted by atomic mass is 16.5. The van der Waals surface area contributed by atoms with Crippen molar-refractivity contribution in [3.8, 4) is 0 Å². The van der Waals surface area contributed by atoms with Crippen LogP contribution in [0.3, 0.4) is 0 Å². The number of hydrogen-bond donors (Lipinski definition) is 9. The third kappa shape index (κ3) is 15.7. The minimum atomic E-state index is -1.88. The molecule has 9 N–H and O–H groups in total. The lowest BCUT2D eigenvalue weighted by Crippen LogP contribution is -2.59. The molecule has 0 spiro atoms. The largest absolute Gasteiger partial charge is 0.480 e. The number of carboxylic acids is 2. The quantitative estimate of drug-likeness (QED) is 0.0936. The number of methoxy groups -OCH3 is 1. The van der Waals surface area contributed by atoms with Gasteiger partial charge in [0.1, 0.15) is 35.9 Å². The fourth-order valence-electron chi connectivity index (χ4n) is 8.06. The van der Waals surface area contributed by atoms with Crippen molar-refractivity contribution in [3.63, 3.8) is 0 Å². The molecule has 4 rings (SSSR count). The van der Waals surface area contributed by atoms with Crippen molar-refractivity contribution in [1.29, 1.82) is 0 Å². The van der Waals surface area contributed by atoms with E-state index in [9.17, 15) is 53.4 Å². The summed E-state index contributed by atoms with van der Waals surface area (Å²) in [5.41, 5.74) is 2.68. The van der Waals surface area contributed by atoms with E-state index in [4.69, 9.17) is 4.74 Å². The van der Waals surface area contributed by atoms with Crippen molar-refractivity contribution < 1.29 is 58.1 Å². The monoisotopic (exact) mass is 996 g/mol. The lowest BCUT2D eigenvalue weighted by Gasteiger charge is -2.28. The third-order valence-electron chi connectivity index (χ3n) is 12.8. The van der Waals surface area contributed by atoms with Crippen LogP contribution in [-0.4, -0.2) is 130 Å². The van der Waals surface area contributed by atoms with Crippen molar-refractivity contribution in [2.24, 2.45) is 17.8 Å². The van der Waals surface area contributed by atoms with E-state index in [0.717, 1.165) is 16.0 Å². The molecule has 2 heterocycles. The number of aromatic nitrogens is 1. The standard InChI is InChI=1S/C52H68N8O12/c1-10-37-49(66)56-38(21-20-28(2)24-29(3)42(72-9)25-34-16-12-11-13-17-34)30(4)45(62)57-40(51(68)69)22-23-43(61)60(8)33(7)48(65)54-32(6)47(64)58-41(26-35-27-53-39-19-15-14-18-36(35)39)50(67)59-44(52(70)71)31(5)46(63)55-37/h11-21,24,27,29-32,37-38,40-42,44,53H,7,10,22-23,25-26H2,1-6,8-9H3,(H,54,65)(H,55,63)(H,56,66)(H,57,62)(H,58,64)(H,59,67)(H,68,69)(H,70,71)/b21-20+,28-24+/t29-,30-,31-,32+,37-,38-,40+,41-,42-,44+/m0/s1. The number of nitrogens with zero attached hydrogens (tertiary/aromatic N) is 1. The third-order valence-corrected chi connectivity index (χ3v) is 12.8. The summed E-state index contributed by atoms with van der Waals surface area (Å²) >= 11 is 0. The first kappa shape index (κ1) is 57.0. The van der Waals surface area contributed by atoms with E-state index < -0.39 is 120 Å². The molecule has 72 heavy (non-hydrogen) atoms. The number of nitrogens with one attached hydrogen (secondary N) is 7. The minimum Gasteiger partial charge on any atom is -0.480 e. The van der Waals surface area contributed by atoms with Crippen LogP contribution in [0.1, 0.15) is 71.9 Å². The summed E-state index contributed by atoms with van der Waals surface area (Å²) in [4.78, 5) is 126. The van der Waals surface area contributed by atoms with Crippen molar-refractivity contribution >= 4 is 64.2 Å². The molecule has 3 aromatic rings. The second kappa shape index (κ2) is 26.6. The van der Waals surface area contributed by atoms with Gasteiger partial charge in [-0.1, -0.05) is 107 Å². The summed E-state index contributed by atoms with van der Waals surface area (Å²) in [6.45, 7) is 13.1. The summed E-state index contributed by atoms with van der Waals surface area (Å²) in [7, 11) is 2.84. The van der Waals surface area contributed by atoms with Gasteiger partial charge in [0.25, 0.3) is 5.91 Å². The predicted molar refractivity (Wildman–Crippen MR) is 267 cm³/mol. The molecule has 20 heteroatoms. The van der Waals surface area contributed by atoms with Crippen LogP contribution in [-0.2, 0) is 60.7 Å². The Morgan fingerprint density at radius 3 is 2.07 bits per heavy atom. The Balaban J connectivity index is 1.71. The highest BCUT2D eigenvalue weighted by molar-refractivity contribution is 6.00. The molecular weight excluding hydrogens is 929 g/mol. The van der Waals surface area contributed by atoms with Gasteiger partial charge in [0.05, 0.1) is 24.0 Å². The van der Waals surface area contributed by atoms with E-state index in [1.807, 2.05) is 50.3 Å². The van der Waals surface area contributed by atoms with Gasteiger partial charge in [-0.2, -0.15) is 0 Å². The molecule has 388 valence electrons. The maximum absolute atomic E-state index is 14.1. The zero-order valence-electron chi connectivity index (χ0n) is 41.9. The van der Waals surface area contributed by atoms with Gasteiger partial charge in [0.2, 0.25) is 35.4 Å². The molecule has 1 aromatic heterocycles. The number of carboxylic acid groups (broad SMARTS) is 2. The SMILES string of the molecule is C=C1C(=O)N[C@H](C)C(=O)N[C@@H](Cc2c[nH]c3ccccc23)C(=O)N[C@@H](C(=O)O)[C@H](C)C(=O)N[C@@H](CC)C(=O)N[C@@H](/C=C/C(C)=C/[C@H](C)[C@H](Cc2ccccc2)OC)[C@H](C)C(=O)N[C@@H](C(=O)O)CCC(=O)N1C. The van der Waals surface area contributed by atoms with E-state index >= 15 is 0 Å². The number of carbonyl (C=O) groups excluding carboxylic acids is 7. The van der Waals surface area contributed by atoms with Gasteiger partial charge < -0.3 is 56.7 Å². The Labute approximate surface area is 418 Å². The maximum Gasteiger partial charge on any atom is 0.327 e. The number of aliphatic carboxylic acids is 2. The van der Waals surface area contributed by atoms with Gasteiger partial charge in [-0.25, -0.2) is 9.59 Å². The van der Waals surface area contributed by atoms with Crippen molar-refractivity contribution in [2.75, 3.05) is 14.2 Å². The van der Waals surface area contributed by atoms with Gasteiger partial charge in [-0.05, 0) is 50.3 Å². The summed E-state index contributed by atoms with van der Waals surface area (Å²) in [5, 5.41) is 36.4. The number of allylic oxidation sites excluding steroid dienone is 2. The number of carbonyl (C=O) groups is 9. The number of rotatable bonds is 12. The Bertz CT molecular complexity index is 2540. The Morgan fingerprint density at radius 2 is 1.43 bits per heavy atom. The van der Waals surface area contributed by atoms with E-state index in [0.29, 0.717) is 22.9 Å². The zero-order valence-corrected chi connectivity index (χ0v) is 41.9. The molecule has 7 amide bonds. The van der Waals surface area contributed by atoms with Crippen LogP contribution in [0.15, 0.2) is 96.9 Å². The smallest absolute Gasteiger partial charge is 0.327 e. The van der Waals surface area contributed by atoms with Crippen LogP contribution >= 0.6 is 0 Å². The Morgan fingerprint density at radius 1 is 0.806 bits per heavy atom. The fourth-order valence-corrected chi connectivity index (χ4v) is 8.06. The number of hydrogen-bond acceptors (Lipinski definition) is 10. The molecule has 0 saturated carbocycles. The molecule has 0 unspecified atom stereocenters. The first-order valence-corrected chi connectivity index (χ1v) is 23.8. The highest BCUT2D eigenvalue weighted by Gasteiger charge is 2.37. The number of likely N-dealkylation sites (N-methyl/N-ethyl adjacent to an activating group) is 1. The van der Waals surface area contributed by atoms with Crippen LogP contribution in [0.25, 0.3) is 10.9 Å². The molecule has 0 aliphatic carbocycles. The molecule has 0 radical (unpaired) electrons. The average molecular weight is 997 g/mol. The van der Waals surface area contributed by atoms with Crippen LogP contribution in [0.2, 0.25) is 0 Å². The predicted octanol–water partition coefficient (Wildman–Crippen LogP) is 2.65.